The number of benzene rings is 3. The average molecular weight is 541 g/mol. The zero-order valence-electron chi connectivity index (χ0n) is 19.5. The third-order valence-corrected chi connectivity index (χ3v) is 9.12. The molecule has 4 aromatic rings. The van der Waals surface area contributed by atoms with Crippen molar-refractivity contribution in [3.05, 3.63) is 95.9 Å². The van der Waals surface area contributed by atoms with Gasteiger partial charge < -0.3 is 14.8 Å². The van der Waals surface area contributed by atoms with Crippen LogP contribution in [0, 0.1) is 0 Å². The molecular formula is C26H24N2O5S3. The first-order valence-corrected chi connectivity index (χ1v) is 14.0. The summed E-state index contributed by atoms with van der Waals surface area (Å²) >= 11 is 2.52. The van der Waals surface area contributed by atoms with Gasteiger partial charge in [-0.3, -0.25) is 9.52 Å². The number of ether oxygens (including phenoxy) is 2. The minimum atomic E-state index is -3.63. The van der Waals surface area contributed by atoms with E-state index in [4.69, 9.17) is 9.47 Å². The monoisotopic (exact) mass is 540 g/mol. The summed E-state index contributed by atoms with van der Waals surface area (Å²) in [5, 5.41) is 4.11. The van der Waals surface area contributed by atoms with Gasteiger partial charge in [-0.2, -0.15) is 0 Å². The van der Waals surface area contributed by atoms with Crippen LogP contribution < -0.4 is 19.5 Å². The Balaban J connectivity index is 1.54. The van der Waals surface area contributed by atoms with E-state index in [1.165, 1.54) is 11.8 Å². The summed E-state index contributed by atoms with van der Waals surface area (Å²) in [5.41, 5.74) is 1.82. The molecule has 0 bridgehead atoms. The molecule has 1 atom stereocenters. The van der Waals surface area contributed by atoms with Gasteiger partial charge in [0, 0.05) is 34.5 Å². The predicted octanol–water partition coefficient (Wildman–Crippen LogP) is 6.04. The van der Waals surface area contributed by atoms with Crippen molar-refractivity contribution < 1.29 is 22.7 Å². The summed E-state index contributed by atoms with van der Waals surface area (Å²) in [6.45, 7) is 0. The van der Waals surface area contributed by atoms with E-state index in [1.807, 2.05) is 30.3 Å². The Kier molecular flexibility index (Phi) is 8.19. The lowest BCUT2D eigenvalue weighted by Gasteiger charge is -2.18. The standard InChI is InChI=1S/C26H24N2O5S3/c1-32-21-15-20(16-22(17-21)33-2)27-26(29)25(18-7-4-3-5-8-18)35-23-12-10-19(11-13-23)28-36(30,31)24-9-6-14-34-24/h3-17,25,28H,1-2H3,(H,27,29). The number of thiophene rings is 1. The van der Waals surface area contributed by atoms with Gasteiger partial charge in [0.2, 0.25) is 5.91 Å². The highest BCUT2D eigenvalue weighted by molar-refractivity contribution is 8.00. The quantitative estimate of drug-likeness (QED) is 0.238. The molecule has 0 radical (unpaired) electrons. The van der Waals surface area contributed by atoms with Crippen LogP contribution in [-0.2, 0) is 14.8 Å². The third-order valence-electron chi connectivity index (χ3n) is 5.08. The van der Waals surface area contributed by atoms with Crippen LogP contribution in [0.1, 0.15) is 10.8 Å². The molecule has 10 heteroatoms. The van der Waals surface area contributed by atoms with Crippen LogP contribution in [0.25, 0.3) is 0 Å². The molecule has 1 amide bonds. The summed E-state index contributed by atoms with van der Waals surface area (Å²) in [5.74, 6) is 0.910. The third kappa shape index (κ3) is 6.39. The Labute approximate surface area is 218 Å². The minimum absolute atomic E-state index is 0.219. The van der Waals surface area contributed by atoms with Crippen molar-refractivity contribution in [3.63, 3.8) is 0 Å². The summed E-state index contributed by atoms with van der Waals surface area (Å²) in [6.07, 6.45) is 0. The van der Waals surface area contributed by atoms with Crippen molar-refractivity contribution >= 4 is 50.4 Å². The van der Waals surface area contributed by atoms with E-state index in [1.54, 1.807) is 74.2 Å². The lowest BCUT2D eigenvalue weighted by Crippen LogP contribution is -2.19. The van der Waals surface area contributed by atoms with Gasteiger partial charge in [-0.05, 0) is 41.3 Å². The maximum Gasteiger partial charge on any atom is 0.271 e. The molecule has 0 saturated carbocycles. The molecule has 1 unspecified atom stereocenters. The fourth-order valence-electron chi connectivity index (χ4n) is 3.35. The molecule has 1 aromatic heterocycles. The minimum Gasteiger partial charge on any atom is -0.497 e. The van der Waals surface area contributed by atoms with Gasteiger partial charge in [-0.25, -0.2) is 8.42 Å². The van der Waals surface area contributed by atoms with Crippen LogP contribution in [0.3, 0.4) is 0 Å². The molecular weight excluding hydrogens is 516 g/mol. The van der Waals surface area contributed by atoms with Crippen LogP contribution in [0.4, 0.5) is 11.4 Å². The Morgan fingerprint density at radius 1 is 0.861 bits per heavy atom. The maximum atomic E-state index is 13.4. The highest BCUT2D eigenvalue weighted by Crippen LogP contribution is 2.37. The number of amides is 1. The second-order valence-corrected chi connectivity index (χ2v) is 11.6. The molecule has 1 heterocycles. The summed E-state index contributed by atoms with van der Waals surface area (Å²) in [4.78, 5) is 14.2. The predicted molar refractivity (Wildman–Crippen MR) is 145 cm³/mol. The number of carbonyl (C=O) groups excluding carboxylic acids is 1. The van der Waals surface area contributed by atoms with E-state index in [0.717, 1.165) is 21.8 Å². The van der Waals surface area contributed by atoms with Crippen LogP contribution in [0.15, 0.2) is 99.4 Å². The van der Waals surface area contributed by atoms with E-state index in [0.29, 0.717) is 22.9 Å². The Hall–Kier alpha value is -3.47. The lowest BCUT2D eigenvalue weighted by atomic mass is 10.1. The molecule has 7 nitrogen and oxygen atoms in total. The molecule has 0 aliphatic carbocycles. The number of methoxy groups -OCH3 is 2. The SMILES string of the molecule is COc1cc(NC(=O)C(Sc2ccc(NS(=O)(=O)c3cccs3)cc2)c2ccccc2)cc(OC)c1. The molecule has 0 fully saturated rings. The number of carbonyl (C=O) groups is 1. The van der Waals surface area contributed by atoms with Crippen molar-refractivity contribution in [2.24, 2.45) is 0 Å². The van der Waals surface area contributed by atoms with E-state index >= 15 is 0 Å². The summed E-state index contributed by atoms with van der Waals surface area (Å²) < 4.78 is 38.4. The van der Waals surface area contributed by atoms with Gasteiger partial charge in [0.05, 0.1) is 14.2 Å². The number of sulfonamides is 1. The highest BCUT2D eigenvalue weighted by atomic mass is 32.2. The largest absolute Gasteiger partial charge is 0.497 e. The number of nitrogens with one attached hydrogen (secondary N) is 2. The van der Waals surface area contributed by atoms with Crippen LogP contribution in [0.5, 0.6) is 11.5 Å². The fourth-order valence-corrected chi connectivity index (χ4v) is 6.42. The first kappa shape index (κ1) is 25.6. The molecule has 4 rings (SSSR count). The molecule has 0 aliphatic rings. The summed E-state index contributed by atoms with van der Waals surface area (Å²) in [7, 11) is -0.534. The van der Waals surface area contributed by atoms with E-state index in [2.05, 4.69) is 10.0 Å². The van der Waals surface area contributed by atoms with Gasteiger partial charge in [-0.15, -0.1) is 23.1 Å². The number of rotatable bonds is 10. The van der Waals surface area contributed by atoms with Gasteiger partial charge >= 0.3 is 0 Å². The number of hydrogen-bond acceptors (Lipinski definition) is 7. The number of anilines is 2. The van der Waals surface area contributed by atoms with Crippen molar-refractivity contribution in [2.45, 2.75) is 14.4 Å². The fraction of sp³-hybridized carbons (Fsp3) is 0.115. The number of thioether (sulfide) groups is 1. The molecule has 186 valence electrons. The van der Waals surface area contributed by atoms with E-state index in [9.17, 15) is 13.2 Å². The molecule has 0 saturated heterocycles. The maximum absolute atomic E-state index is 13.4. The van der Waals surface area contributed by atoms with Crippen molar-refractivity contribution in [3.8, 4) is 11.5 Å². The van der Waals surface area contributed by atoms with E-state index in [-0.39, 0.29) is 10.1 Å². The van der Waals surface area contributed by atoms with Gasteiger partial charge in [0.25, 0.3) is 10.0 Å². The number of hydrogen-bond donors (Lipinski definition) is 2. The molecule has 2 N–H and O–H groups in total. The van der Waals surface area contributed by atoms with Gasteiger partial charge in [0.15, 0.2) is 0 Å². The summed E-state index contributed by atoms with van der Waals surface area (Å²) in [6, 6.07) is 24.8. The van der Waals surface area contributed by atoms with Crippen molar-refractivity contribution in [2.75, 3.05) is 24.3 Å². The first-order valence-electron chi connectivity index (χ1n) is 10.8. The smallest absolute Gasteiger partial charge is 0.271 e. The highest BCUT2D eigenvalue weighted by Gasteiger charge is 2.23. The van der Waals surface area contributed by atoms with Gasteiger partial charge in [-0.1, -0.05) is 36.4 Å². The molecule has 3 aromatic carbocycles. The molecule has 0 spiro atoms. The second-order valence-electron chi connectivity index (χ2n) is 7.56. The van der Waals surface area contributed by atoms with Crippen molar-refractivity contribution in [1.29, 1.82) is 0 Å². The Bertz CT molecular complexity index is 1390. The van der Waals surface area contributed by atoms with Crippen LogP contribution in [-0.4, -0.2) is 28.5 Å². The van der Waals surface area contributed by atoms with E-state index < -0.39 is 15.3 Å². The first-order chi connectivity index (χ1) is 17.4. The average Bonchev–Trinajstić information content (AvgIpc) is 3.44. The van der Waals surface area contributed by atoms with Gasteiger partial charge in [0.1, 0.15) is 21.0 Å². The van der Waals surface area contributed by atoms with Crippen molar-refractivity contribution in [1.82, 2.24) is 0 Å². The topological polar surface area (TPSA) is 93.7 Å². The van der Waals surface area contributed by atoms with Crippen LogP contribution >= 0.6 is 23.1 Å². The second kappa shape index (κ2) is 11.5. The lowest BCUT2D eigenvalue weighted by molar-refractivity contribution is -0.115. The molecule has 0 aliphatic heterocycles. The zero-order chi connectivity index (χ0) is 25.5. The normalized spacial score (nSPS) is 11.9. The Morgan fingerprint density at radius 2 is 1.53 bits per heavy atom. The molecule has 36 heavy (non-hydrogen) atoms. The van der Waals surface area contributed by atoms with Crippen LogP contribution in [0.2, 0.25) is 0 Å². The Morgan fingerprint density at radius 3 is 2.11 bits per heavy atom. The zero-order valence-corrected chi connectivity index (χ0v) is 22.0.